The molecule has 2 aromatic carbocycles. The lowest BCUT2D eigenvalue weighted by Gasteiger charge is -2.20. The lowest BCUT2D eigenvalue weighted by Crippen LogP contribution is -2.48. The van der Waals surface area contributed by atoms with Crippen LogP contribution >= 0.6 is 27.5 Å². The first kappa shape index (κ1) is 22.6. The first-order valence-electron chi connectivity index (χ1n) is 8.20. The van der Waals surface area contributed by atoms with Crippen molar-refractivity contribution < 1.29 is 27.8 Å². The molecule has 0 aromatic heterocycles. The highest BCUT2D eigenvalue weighted by molar-refractivity contribution is 9.10. The number of sulfonamides is 1. The van der Waals surface area contributed by atoms with Crippen LogP contribution in [-0.4, -0.2) is 44.9 Å². The molecule has 0 aliphatic rings. The number of carbonyl (C=O) groups is 1. The highest BCUT2D eigenvalue weighted by atomic mass is 79.9. The second-order valence-electron chi connectivity index (χ2n) is 5.76. The molecule has 0 saturated heterocycles. The van der Waals surface area contributed by atoms with E-state index in [9.17, 15) is 18.3 Å². The van der Waals surface area contributed by atoms with Gasteiger partial charge in [-0.1, -0.05) is 27.5 Å². The molecular weight excluding hydrogens is 474 g/mol. The standard InChI is InChI=1S/C18H19BrClNO6S/c1-12(22)17(21-28(24,25)16-8-4-14(20)5-9-16)18(23)27-11-10-26-15-6-2-13(19)3-7-15/h2-9,12,17,21-22H,10-11H2,1H3/t12-,17-/m0/s1. The zero-order valence-corrected chi connectivity index (χ0v) is 18.0. The molecule has 0 radical (unpaired) electrons. The van der Waals surface area contributed by atoms with E-state index in [1.807, 2.05) is 0 Å². The summed E-state index contributed by atoms with van der Waals surface area (Å²) in [5.74, 6) is -0.318. The van der Waals surface area contributed by atoms with Crippen LogP contribution < -0.4 is 9.46 Å². The molecule has 0 spiro atoms. The van der Waals surface area contributed by atoms with Gasteiger partial charge in [-0.25, -0.2) is 8.42 Å². The van der Waals surface area contributed by atoms with Crippen molar-refractivity contribution in [3.05, 3.63) is 58.0 Å². The van der Waals surface area contributed by atoms with Crippen LogP contribution in [0.5, 0.6) is 5.75 Å². The monoisotopic (exact) mass is 491 g/mol. The molecule has 0 bridgehead atoms. The average molecular weight is 493 g/mol. The van der Waals surface area contributed by atoms with Gasteiger partial charge in [0.1, 0.15) is 25.0 Å². The molecule has 0 fully saturated rings. The van der Waals surface area contributed by atoms with E-state index in [1.165, 1.54) is 31.2 Å². The van der Waals surface area contributed by atoms with E-state index in [0.717, 1.165) is 4.47 Å². The molecule has 152 valence electrons. The number of nitrogens with one attached hydrogen (secondary N) is 1. The normalized spacial score (nSPS) is 13.6. The molecule has 2 aromatic rings. The molecule has 0 unspecified atom stereocenters. The Kier molecular flexibility index (Phi) is 8.26. The third-order valence-corrected chi connectivity index (χ3v) is 5.79. The quantitative estimate of drug-likeness (QED) is 0.412. The summed E-state index contributed by atoms with van der Waals surface area (Å²) in [4.78, 5) is 12.1. The third-order valence-electron chi connectivity index (χ3n) is 3.55. The van der Waals surface area contributed by atoms with Gasteiger partial charge in [-0.3, -0.25) is 4.79 Å². The van der Waals surface area contributed by atoms with E-state index in [2.05, 4.69) is 20.7 Å². The Bertz CT molecular complexity index is 887. The van der Waals surface area contributed by atoms with Crippen LogP contribution in [0.25, 0.3) is 0 Å². The number of hydrogen-bond acceptors (Lipinski definition) is 6. The molecule has 2 N–H and O–H groups in total. The van der Waals surface area contributed by atoms with Crippen molar-refractivity contribution >= 4 is 43.5 Å². The van der Waals surface area contributed by atoms with Crippen LogP contribution in [0.1, 0.15) is 6.92 Å². The predicted molar refractivity (Wildman–Crippen MR) is 108 cm³/mol. The summed E-state index contributed by atoms with van der Waals surface area (Å²) in [6.07, 6.45) is -1.30. The summed E-state index contributed by atoms with van der Waals surface area (Å²) in [5.41, 5.74) is 0. The number of esters is 1. The Morgan fingerprint density at radius 3 is 2.32 bits per heavy atom. The SMILES string of the molecule is C[C@H](O)[C@H](NS(=O)(=O)c1ccc(Cl)cc1)C(=O)OCCOc1ccc(Br)cc1. The zero-order valence-electron chi connectivity index (χ0n) is 14.8. The molecule has 0 aliphatic heterocycles. The minimum Gasteiger partial charge on any atom is -0.490 e. The Hall–Kier alpha value is -1.65. The number of aliphatic hydroxyl groups is 1. The van der Waals surface area contributed by atoms with E-state index in [1.54, 1.807) is 24.3 Å². The number of benzene rings is 2. The fourth-order valence-electron chi connectivity index (χ4n) is 2.11. The number of aliphatic hydroxyl groups excluding tert-OH is 1. The lowest BCUT2D eigenvalue weighted by molar-refractivity contribution is -0.149. The van der Waals surface area contributed by atoms with Crippen molar-refractivity contribution in [2.75, 3.05) is 13.2 Å². The van der Waals surface area contributed by atoms with E-state index >= 15 is 0 Å². The first-order chi connectivity index (χ1) is 13.2. The molecule has 0 heterocycles. The number of carbonyl (C=O) groups excluding carboxylic acids is 1. The highest BCUT2D eigenvalue weighted by Crippen LogP contribution is 2.16. The second kappa shape index (κ2) is 10.2. The second-order valence-corrected chi connectivity index (χ2v) is 8.83. The summed E-state index contributed by atoms with van der Waals surface area (Å²) in [6.45, 7) is 1.25. The van der Waals surface area contributed by atoms with Crippen molar-refractivity contribution in [1.82, 2.24) is 4.72 Å². The van der Waals surface area contributed by atoms with Crippen molar-refractivity contribution in [3.63, 3.8) is 0 Å². The van der Waals surface area contributed by atoms with Crippen molar-refractivity contribution in [3.8, 4) is 5.75 Å². The van der Waals surface area contributed by atoms with Gasteiger partial charge in [-0.05, 0) is 55.5 Å². The first-order valence-corrected chi connectivity index (χ1v) is 10.9. The number of halogens is 2. The molecule has 2 rings (SSSR count). The van der Waals surface area contributed by atoms with Gasteiger partial charge >= 0.3 is 5.97 Å². The predicted octanol–water partition coefficient (Wildman–Crippen LogP) is 2.75. The molecule has 0 saturated carbocycles. The van der Waals surface area contributed by atoms with Gasteiger partial charge in [-0.15, -0.1) is 0 Å². The summed E-state index contributed by atoms with van der Waals surface area (Å²) in [6, 6.07) is 11.0. The third kappa shape index (κ3) is 6.75. The van der Waals surface area contributed by atoms with Gasteiger partial charge < -0.3 is 14.6 Å². The largest absolute Gasteiger partial charge is 0.490 e. The molecule has 2 atom stereocenters. The molecule has 0 aliphatic carbocycles. The van der Waals surface area contributed by atoms with E-state index in [0.29, 0.717) is 10.8 Å². The van der Waals surface area contributed by atoms with Crippen LogP contribution in [0, 0.1) is 0 Å². The zero-order chi connectivity index (χ0) is 20.7. The fourth-order valence-corrected chi connectivity index (χ4v) is 3.76. The Balaban J connectivity index is 1.92. The van der Waals surface area contributed by atoms with Crippen molar-refractivity contribution in [2.45, 2.75) is 24.0 Å². The molecule has 28 heavy (non-hydrogen) atoms. The Labute approximate surface area is 176 Å². The number of rotatable bonds is 9. The maximum absolute atomic E-state index is 12.4. The summed E-state index contributed by atoms with van der Waals surface area (Å²) in [5, 5.41) is 10.2. The van der Waals surface area contributed by atoms with Gasteiger partial charge in [0.25, 0.3) is 0 Å². The van der Waals surface area contributed by atoms with Gasteiger partial charge in [0.15, 0.2) is 0 Å². The minimum absolute atomic E-state index is 0.0733. The van der Waals surface area contributed by atoms with E-state index < -0.39 is 28.1 Å². The molecule has 0 amide bonds. The fraction of sp³-hybridized carbons (Fsp3) is 0.278. The van der Waals surface area contributed by atoms with Crippen molar-refractivity contribution in [1.29, 1.82) is 0 Å². The maximum atomic E-state index is 12.4. The van der Waals surface area contributed by atoms with Crippen LogP contribution in [0.15, 0.2) is 57.9 Å². The smallest absolute Gasteiger partial charge is 0.326 e. The highest BCUT2D eigenvalue weighted by Gasteiger charge is 2.30. The van der Waals surface area contributed by atoms with Crippen molar-refractivity contribution in [2.24, 2.45) is 0 Å². The van der Waals surface area contributed by atoms with Gasteiger partial charge in [0.05, 0.1) is 11.0 Å². The Morgan fingerprint density at radius 2 is 1.75 bits per heavy atom. The number of ether oxygens (including phenoxy) is 2. The molecule has 7 nitrogen and oxygen atoms in total. The Morgan fingerprint density at radius 1 is 1.14 bits per heavy atom. The number of hydrogen-bond donors (Lipinski definition) is 2. The van der Waals surface area contributed by atoms with E-state index in [-0.39, 0.29) is 18.1 Å². The maximum Gasteiger partial charge on any atom is 0.326 e. The van der Waals surface area contributed by atoms with Gasteiger partial charge in [-0.2, -0.15) is 4.72 Å². The van der Waals surface area contributed by atoms with E-state index in [4.69, 9.17) is 21.1 Å². The average Bonchev–Trinajstić information content (AvgIpc) is 2.64. The van der Waals surface area contributed by atoms with Crippen LogP contribution in [-0.2, 0) is 19.6 Å². The van der Waals surface area contributed by atoms with Crippen LogP contribution in [0.4, 0.5) is 0 Å². The van der Waals surface area contributed by atoms with Crippen LogP contribution in [0.3, 0.4) is 0 Å². The summed E-state index contributed by atoms with van der Waals surface area (Å²) >= 11 is 9.06. The van der Waals surface area contributed by atoms with Gasteiger partial charge in [0.2, 0.25) is 10.0 Å². The summed E-state index contributed by atoms with van der Waals surface area (Å²) in [7, 11) is -4.05. The minimum atomic E-state index is -4.05. The topological polar surface area (TPSA) is 102 Å². The lowest BCUT2D eigenvalue weighted by atomic mass is 10.2. The molecular formula is C18H19BrClNO6S. The van der Waals surface area contributed by atoms with Crippen LogP contribution in [0.2, 0.25) is 5.02 Å². The molecule has 10 heteroatoms. The summed E-state index contributed by atoms with van der Waals surface area (Å²) < 4.78 is 38.3. The van der Waals surface area contributed by atoms with Gasteiger partial charge in [0, 0.05) is 9.50 Å².